The molecule has 3 atom stereocenters. The monoisotopic (exact) mass is 510 g/mol. The van der Waals surface area contributed by atoms with Crippen molar-refractivity contribution in [1.82, 2.24) is 0 Å². The predicted octanol–water partition coefficient (Wildman–Crippen LogP) is 6.02. The van der Waals surface area contributed by atoms with Crippen LogP contribution in [0.1, 0.15) is 36.5 Å². The van der Waals surface area contributed by atoms with Gasteiger partial charge in [-0.2, -0.15) is 26.3 Å². The van der Waals surface area contributed by atoms with Crippen LogP contribution in [-0.2, 0) is 20.2 Å². The zero-order valence-corrected chi connectivity index (χ0v) is 15.5. The Kier molecular flexibility index (Phi) is 7.24. The molecule has 0 aliphatic rings. The molecule has 150 valence electrons. The molecule has 0 aliphatic heterocycles. The molecular formula is C14H12F9IO2. The van der Waals surface area contributed by atoms with Crippen LogP contribution in [0.3, 0.4) is 0 Å². The van der Waals surface area contributed by atoms with E-state index in [1.54, 1.807) is 0 Å². The van der Waals surface area contributed by atoms with Gasteiger partial charge >= 0.3 is 12.4 Å². The average Bonchev–Trinajstić information content (AvgIpc) is 2.48. The molecule has 0 aliphatic carbocycles. The van der Waals surface area contributed by atoms with Gasteiger partial charge in [-0.1, -0.05) is 0 Å². The number of alkyl halides is 6. The molecular weight excluding hydrogens is 498 g/mol. The van der Waals surface area contributed by atoms with Crippen LogP contribution in [0.5, 0.6) is 0 Å². The maximum atomic E-state index is 14.4. The second kappa shape index (κ2) is 8.09. The van der Waals surface area contributed by atoms with Crippen molar-refractivity contribution in [2.75, 3.05) is 7.11 Å². The number of hydrogen-bond acceptors (Lipinski definition) is 2. The molecule has 26 heavy (non-hydrogen) atoms. The lowest BCUT2D eigenvalue weighted by molar-refractivity contribution is -0.150. The summed E-state index contributed by atoms with van der Waals surface area (Å²) in [6.45, 7) is 2.31. The molecule has 3 unspecified atom stereocenters. The molecule has 12 heteroatoms. The van der Waals surface area contributed by atoms with Crippen LogP contribution in [0.2, 0.25) is 0 Å². The van der Waals surface area contributed by atoms with Crippen molar-refractivity contribution >= 4 is 23.0 Å². The van der Waals surface area contributed by atoms with Crippen molar-refractivity contribution in [3.8, 4) is 0 Å². The molecule has 0 saturated heterocycles. The minimum Gasteiger partial charge on any atom is -0.381 e. The fraction of sp³-hybridized carbons (Fsp3) is 0.571. The van der Waals surface area contributed by atoms with E-state index in [9.17, 15) is 39.5 Å². The highest BCUT2D eigenvalue weighted by Crippen LogP contribution is 2.46. The Morgan fingerprint density at radius 3 is 1.58 bits per heavy atom. The summed E-state index contributed by atoms with van der Waals surface area (Å²) in [7, 11) is 1.03. The zero-order valence-electron chi connectivity index (χ0n) is 13.3. The van der Waals surface area contributed by atoms with Gasteiger partial charge in [-0.05, 0) is 13.8 Å². The van der Waals surface area contributed by atoms with E-state index in [2.05, 4.69) is 0 Å². The predicted molar refractivity (Wildman–Crippen MR) is 80.1 cm³/mol. The Hall–Kier alpha value is -0.760. The molecule has 0 heterocycles. The summed E-state index contributed by atoms with van der Waals surface area (Å²) in [5.74, 6) is -9.90. The fourth-order valence-electron chi connectivity index (χ4n) is 2.57. The second-order valence-corrected chi connectivity index (χ2v) is 5.87. The van der Waals surface area contributed by atoms with Crippen LogP contribution in [0.15, 0.2) is 0 Å². The Morgan fingerprint density at radius 2 is 1.23 bits per heavy atom. The van der Waals surface area contributed by atoms with Crippen molar-refractivity contribution in [1.29, 1.82) is 0 Å². The van der Waals surface area contributed by atoms with Crippen LogP contribution < -0.4 is 0 Å². The largest absolute Gasteiger partial charge is 0.422 e. The lowest BCUT2D eigenvalue weighted by atomic mass is 9.84. The first-order valence-electron chi connectivity index (χ1n) is 6.84. The highest BCUT2D eigenvalue weighted by atomic mass is 127. The highest BCUT2D eigenvalue weighted by Gasteiger charge is 2.50. The van der Waals surface area contributed by atoms with E-state index in [1.807, 2.05) is 0 Å². The SMILES string of the molecule is COC(C)C(c1c(F)c(F)c(C(F)(F)F)c(F)c1C(F)(F)F)C(C)OI. The summed E-state index contributed by atoms with van der Waals surface area (Å²) < 4.78 is 130. The molecule has 0 fully saturated rings. The van der Waals surface area contributed by atoms with Gasteiger partial charge < -0.3 is 7.80 Å². The molecule has 0 spiro atoms. The maximum absolute atomic E-state index is 14.4. The lowest BCUT2D eigenvalue weighted by Gasteiger charge is -2.31. The Morgan fingerprint density at radius 1 is 0.769 bits per heavy atom. The third kappa shape index (κ3) is 4.38. The van der Waals surface area contributed by atoms with Crippen LogP contribution in [-0.4, -0.2) is 19.3 Å². The van der Waals surface area contributed by atoms with Gasteiger partial charge in [-0.25, -0.2) is 13.2 Å². The molecule has 0 amide bonds. The smallest absolute Gasteiger partial charge is 0.381 e. The topological polar surface area (TPSA) is 18.5 Å². The minimum atomic E-state index is -5.87. The van der Waals surface area contributed by atoms with Crippen molar-refractivity contribution in [3.05, 3.63) is 34.1 Å². The van der Waals surface area contributed by atoms with E-state index >= 15 is 0 Å². The van der Waals surface area contributed by atoms with Crippen molar-refractivity contribution in [2.24, 2.45) is 0 Å². The molecule has 1 aromatic carbocycles. The van der Waals surface area contributed by atoms with E-state index in [0.29, 0.717) is 0 Å². The summed E-state index contributed by atoms with van der Waals surface area (Å²) in [4.78, 5) is 0. The van der Waals surface area contributed by atoms with Crippen LogP contribution in [0, 0.1) is 17.5 Å². The van der Waals surface area contributed by atoms with E-state index in [4.69, 9.17) is 7.80 Å². The van der Waals surface area contributed by atoms with Gasteiger partial charge in [0.15, 0.2) is 17.5 Å². The van der Waals surface area contributed by atoms with Crippen molar-refractivity contribution in [2.45, 2.75) is 44.3 Å². The third-order valence-corrected chi connectivity index (χ3v) is 4.58. The summed E-state index contributed by atoms with van der Waals surface area (Å²) in [5, 5.41) is 0. The van der Waals surface area contributed by atoms with Crippen molar-refractivity contribution < 1.29 is 47.3 Å². The number of halogens is 10. The summed E-state index contributed by atoms with van der Waals surface area (Å²) in [6.07, 6.45) is -14.2. The van der Waals surface area contributed by atoms with Crippen LogP contribution in [0.25, 0.3) is 0 Å². The second-order valence-electron chi connectivity index (χ2n) is 5.36. The molecule has 1 rings (SSSR count). The van der Waals surface area contributed by atoms with E-state index in [-0.39, 0.29) is 0 Å². The third-order valence-electron chi connectivity index (χ3n) is 3.78. The van der Waals surface area contributed by atoms with Gasteiger partial charge in [0.25, 0.3) is 0 Å². The number of rotatable bonds is 5. The summed E-state index contributed by atoms with van der Waals surface area (Å²) >= 11 is 1.26. The van der Waals surface area contributed by atoms with Gasteiger partial charge in [0.05, 0.1) is 17.8 Å². The van der Waals surface area contributed by atoms with E-state index < -0.39 is 64.6 Å². The molecule has 0 bridgehead atoms. The standard InChI is InChI=1S/C14H12F9IO2/c1-4(25-3)6(5(2)26-24)7-8(13(18,19)20)11(16)9(14(21,22)23)12(17)10(7)15/h4-6H,1-3H3. The molecule has 0 saturated carbocycles. The van der Waals surface area contributed by atoms with E-state index in [1.165, 1.54) is 23.0 Å². The van der Waals surface area contributed by atoms with Gasteiger partial charge in [0.2, 0.25) is 0 Å². The number of hydrogen-bond donors (Lipinski definition) is 0. The lowest BCUT2D eigenvalue weighted by Crippen LogP contribution is -2.33. The normalized spacial score (nSPS) is 16.5. The molecule has 0 radical (unpaired) electrons. The number of ether oxygens (including phenoxy) is 1. The summed E-state index contributed by atoms with van der Waals surface area (Å²) in [5.41, 5.74) is -7.12. The first-order valence-corrected chi connectivity index (χ1v) is 7.73. The summed E-state index contributed by atoms with van der Waals surface area (Å²) in [6, 6.07) is 0. The van der Waals surface area contributed by atoms with Gasteiger partial charge in [0, 0.05) is 18.6 Å². The van der Waals surface area contributed by atoms with Crippen LogP contribution in [0.4, 0.5) is 39.5 Å². The zero-order chi connectivity index (χ0) is 20.6. The average molecular weight is 510 g/mol. The van der Waals surface area contributed by atoms with Gasteiger partial charge in [0.1, 0.15) is 28.6 Å². The minimum absolute atomic E-state index is 1.03. The highest BCUT2D eigenvalue weighted by molar-refractivity contribution is 14.1. The fourth-order valence-corrected chi connectivity index (χ4v) is 2.89. The molecule has 1 aromatic rings. The van der Waals surface area contributed by atoms with Gasteiger partial charge in [-0.15, -0.1) is 0 Å². The van der Waals surface area contributed by atoms with E-state index in [0.717, 1.165) is 21.0 Å². The molecule has 2 nitrogen and oxygen atoms in total. The van der Waals surface area contributed by atoms with Crippen molar-refractivity contribution in [3.63, 3.8) is 0 Å². The number of benzene rings is 1. The Balaban J connectivity index is 4.04. The molecule has 0 aromatic heterocycles. The maximum Gasteiger partial charge on any atom is 0.422 e. The first kappa shape index (κ1) is 23.3. The number of methoxy groups -OCH3 is 1. The quantitative estimate of drug-likeness (QED) is 0.275. The Bertz CT molecular complexity index is 648. The van der Waals surface area contributed by atoms with Crippen LogP contribution >= 0.6 is 23.0 Å². The first-order chi connectivity index (χ1) is 11.7. The molecule has 0 N–H and O–H groups in total. The van der Waals surface area contributed by atoms with Gasteiger partial charge in [-0.3, -0.25) is 0 Å². The Labute approximate surface area is 156 Å².